The van der Waals surface area contributed by atoms with Crippen LogP contribution in [0, 0.1) is 0 Å². The Hall–Kier alpha value is -3.19. The van der Waals surface area contributed by atoms with Crippen LogP contribution in [-0.4, -0.2) is 22.6 Å². The van der Waals surface area contributed by atoms with E-state index in [-0.39, 0.29) is 12.2 Å². The maximum absolute atomic E-state index is 6.10. The van der Waals surface area contributed by atoms with E-state index in [0.717, 1.165) is 38.5 Å². The lowest BCUT2D eigenvalue weighted by molar-refractivity contribution is 0.0886. The van der Waals surface area contributed by atoms with Crippen molar-refractivity contribution >= 4 is 16.3 Å². The number of nitrogens with zero attached hydrogens (tertiary/aromatic N) is 2. The summed E-state index contributed by atoms with van der Waals surface area (Å²) in [5.41, 5.74) is 0.860. The normalized spacial score (nSPS) is 20.3. The smallest absolute Gasteiger partial charge is 0.194 e. The van der Waals surface area contributed by atoms with E-state index in [0.29, 0.717) is 13.2 Å². The number of ether oxygens (including phenoxy) is 4. The number of para-hydroxylation sites is 4. The molecule has 6 nitrogen and oxygen atoms in total. The van der Waals surface area contributed by atoms with Crippen LogP contribution in [0.5, 0.6) is 23.0 Å². The van der Waals surface area contributed by atoms with Crippen LogP contribution in [-0.2, 0) is 0 Å². The summed E-state index contributed by atoms with van der Waals surface area (Å²) in [6.45, 7) is 0.939. The van der Waals surface area contributed by atoms with E-state index in [1.54, 1.807) is 11.3 Å². The molecule has 2 aliphatic heterocycles. The summed E-state index contributed by atoms with van der Waals surface area (Å²) >= 11 is 1.60. The van der Waals surface area contributed by atoms with Crippen molar-refractivity contribution in [1.82, 2.24) is 9.38 Å². The summed E-state index contributed by atoms with van der Waals surface area (Å²) in [6, 6.07) is 15.4. The second-order valence-electron chi connectivity index (χ2n) is 6.72. The summed E-state index contributed by atoms with van der Waals surface area (Å²) in [4.78, 5) is 6.73. The molecule has 0 fully saturated rings. The molecule has 4 heterocycles. The zero-order valence-corrected chi connectivity index (χ0v) is 15.6. The van der Waals surface area contributed by atoms with Gasteiger partial charge in [0, 0.05) is 12.4 Å². The molecule has 0 radical (unpaired) electrons. The van der Waals surface area contributed by atoms with Crippen molar-refractivity contribution in [3.63, 3.8) is 0 Å². The number of hydrogen-bond donors (Lipinski definition) is 0. The largest absolute Gasteiger partial charge is 0.485 e. The fourth-order valence-electron chi connectivity index (χ4n) is 3.46. The van der Waals surface area contributed by atoms with Crippen molar-refractivity contribution in [2.45, 2.75) is 12.2 Å². The molecule has 0 amide bonds. The maximum Gasteiger partial charge on any atom is 0.194 e. The van der Waals surface area contributed by atoms with Crippen molar-refractivity contribution in [2.75, 3.05) is 13.2 Å². The Balaban J connectivity index is 1.25. The van der Waals surface area contributed by atoms with E-state index in [4.69, 9.17) is 23.9 Å². The summed E-state index contributed by atoms with van der Waals surface area (Å²) < 4.78 is 25.8. The quantitative estimate of drug-likeness (QED) is 0.505. The standard InChI is InChI=1S/C21H16N2O4S/c1-3-7-16-14(5-1)24-11-18(26-16)13-9-23-10-20(28-21(23)22-13)19-12-25-15-6-2-4-8-17(15)27-19/h1-10,18-19H,11-12H2. The first-order valence-corrected chi connectivity index (χ1v) is 9.90. The minimum Gasteiger partial charge on any atom is -0.485 e. The summed E-state index contributed by atoms with van der Waals surface area (Å²) in [6.07, 6.45) is 3.70. The Morgan fingerprint density at radius 2 is 1.39 bits per heavy atom. The summed E-state index contributed by atoms with van der Waals surface area (Å²) in [5, 5.41) is 0. The van der Waals surface area contributed by atoms with E-state index < -0.39 is 0 Å². The molecule has 140 valence electrons. The second kappa shape index (κ2) is 6.17. The van der Waals surface area contributed by atoms with Crippen LogP contribution >= 0.6 is 11.3 Å². The SMILES string of the molecule is c1ccc2c(c1)OCC(c1cn3cc(C4COc5ccccc5O4)sc3n1)O2. The third kappa shape index (κ3) is 2.58. The Morgan fingerprint density at radius 1 is 0.786 bits per heavy atom. The number of imidazole rings is 1. The van der Waals surface area contributed by atoms with Crippen molar-refractivity contribution in [3.8, 4) is 23.0 Å². The molecule has 28 heavy (non-hydrogen) atoms. The van der Waals surface area contributed by atoms with Gasteiger partial charge < -0.3 is 18.9 Å². The summed E-state index contributed by atoms with van der Waals surface area (Å²) in [7, 11) is 0. The molecule has 4 aromatic rings. The predicted molar refractivity (Wildman–Crippen MR) is 104 cm³/mol. The Kier molecular flexibility index (Phi) is 3.49. The van der Waals surface area contributed by atoms with Gasteiger partial charge in [-0.25, -0.2) is 4.98 Å². The van der Waals surface area contributed by atoms with Crippen LogP contribution in [0.15, 0.2) is 60.9 Å². The summed E-state index contributed by atoms with van der Waals surface area (Å²) in [5.74, 6) is 3.09. The van der Waals surface area contributed by atoms with E-state index in [9.17, 15) is 0 Å². The van der Waals surface area contributed by atoms with Gasteiger partial charge in [0.25, 0.3) is 0 Å². The zero-order valence-electron chi connectivity index (χ0n) is 14.8. The Labute approximate surface area is 164 Å². The van der Waals surface area contributed by atoms with Gasteiger partial charge in [-0.3, -0.25) is 4.40 Å². The molecule has 0 bridgehead atoms. The molecule has 7 heteroatoms. The number of fused-ring (bicyclic) bond motifs is 3. The first-order valence-electron chi connectivity index (χ1n) is 9.09. The van der Waals surface area contributed by atoms with Gasteiger partial charge in [0.15, 0.2) is 40.2 Å². The monoisotopic (exact) mass is 392 g/mol. The van der Waals surface area contributed by atoms with E-state index >= 15 is 0 Å². The molecule has 0 saturated carbocycles. The zero-order chi connectivity index (χ0) is 18.5. The first kappa shape index (κ1) is 15.8. The lowest BCUT2D eigenvalue weighted by Gasteiger charge is -2.25. The maximum atomic E-state index is 6.10. The van der Waals surface area contributed by atoms with Gasteiger partial charge in [0.2, 0.25) is 0 Å². The van der Waals surface area contributed by atoms with Gasteiger partial charge >= 0.3 is 0 Å². The van der Waals surface area contributed by atoms with Crippen molar-refractivity contribution in [2.24, 2.45) is 0 Å². The Morgan fingerprint density at radius 3 is 2.07 bits per heavy atom. The molecular weight excluding hydrogens is 376 g/mol. The minimum absolute atomic E-state index is 0.133. The number of hydrogen-bond acceptors (Lipinski definition) is 6. The van der Waals surface area contributed by atoms with Gasteiger partial charge in [-0.2, -0.15) is 0 Å². The molecule has 0 N–H and O–H groups in total. The lowest BCUT2D eigenvalue weighted by Crippen LogP contribution is -2.21. The lowest BCUT2D eigenvalue weighted by atomic mass is 10.2. The topological polar surface area (TPSA) is 54.2 Å². The van der Waals surface area contributed by atoms with Crippen molar-refractivity contribution < 1.29 is 18.9 Å². The van der Waals surface area contributed by atoms with Crippen LogP contribution < -0.4 is 18.9 Å². The molecule has 0 saturated heterocycles. The first-order chi connectivity index (χ1) is 13.8. The molecule has 0 spiro atoms. The van der Waals surface area contributed by atoms with Gasteiger partial charge in [0.05, 0.1) is 4.88 Å². The third-order valence-electron chi connectivity index (χ3n) is 4.86. The van der Waals surface area contributed by atoms with Crippen molar-refractivity contribution in [1.29, 1.82) is 0 Å². The third-order valence-corrected chi connectivity index (χ3v) is 5.95. The molecule has 2 aromatic heterocycles. The van der Waals surface area contributed by atoms with Crippen LogP contribution in [0.1, 0.15) is 22.8 Å². The fraction of sp³-hybridized carbons (Fsp3) is 0.190. The Bertz CT molecular complexity index is 1050. The fourth-order valence-corrected chi connectivity index (χ4v) is 4.45. The minimum atomic E-state index is -0.216. The molecule has 6 rings (SSSR count). The number of aromatic nitrogens is 2. The average molecular weight is 392 g/mol. The molecule has 2 unspecified atom stereocenters. The van der Waals surface area contributed by atoms with E-state index in [1.165, 1.54) is 0 Å². The van der Waals surface area contributed by atoms with Crippen LogP contribution in [0.4, 0.5) is 0 Å². The highest BCUT2D eigenvalue weighted by molar-refractivity contribution is 7.17. The predicted octanol–water partition coefficient (Wildman–Crippen LogP) is 4.42. The average Bonchev–Trinajstić information content (AvgIpc) is 3.32. The van der Waals surface area contributed by atoms with Crippen LogP contribution in [0.3, 0.4) is 0 Å². The highest BCUT2D eigenvalue weighted by Gasteiger charge is 2.27. The van der Waals surface area contributed by atoms with Crippen LogP contribution in [0.2, 0.25) is 0 Å². The molecule has 0 aliphatic carbocycles. The highest BCUT2D eigenvalue weighted by atomic mass is 32.1. The molecule has 2 aliphatic rings. The molecule has 2 atom stereocenters. The number of rotatable bonds is 2. The second-order valence-corrected chi connectivity index (χ2v) is 7.76. The van der Waals surface area contributed by atoms with E-state index in [1.807, 2.05) is 59.1 Å². The highest BCUT2D eigenvalue weighted by Crippen LogP contribution is 2.39. The number of benzene rings is 2. The van der Waals surface area contributed by atoms with Crippen molar-refractivity contribution in [3.05, 3.63) is 71.5 Å². The van der Waals surface area contributed by atoms with Gasteiger partial charge in [-0.1, -0.05) is 35.6 Å². The van der Waals surface area contributed by atoms with Crippen LogP contribution in [0.25, 0.3) is 4.96 Å². The van der Waals surface area contributed by atoms with Gasteiger partial charge in [-0.15, -0.1) is 0 Å². The van der Waals surface area contributed by atoms with E-state index in [2.05, 4.69) is 6.20 Å². The molecule has 2 aromatic carbocycles. The molecular formula is C21H16N2O4S. The van der Waals surface area contributed by atoms with Gasteiger partial charge in [0.1, 0.15) is 18.9 Å². The number of thiazole rings is 1. The van der Waals surface area contributed by atoms with Gasteiger partial charge in [-0.05, 0) is 24.3 Å².